The van der Waals surface area contributed by atoms with E-state index in [1.807, 2.05) is 0 Å². The maximum atomic E-state index is 3.91. The van der Waals surface area contributed by atoms with Gasteiger partial charge in [0.25, 0.3) is 0 Å². The van der Waals surface area contributed by atoms with Crippen molar-refractivity contribution in [2.24, 2.45) is 0 Å². The van der Waals surface area contributed by atoms with Crippen LogP contribution in [-0.4, -0.2) is 6.54 Å². The van der Waals surface area contributed by atoms with Gasteiger partial charge in [-0.1, -0.05) is 54.6 Å². The second-order valence-electron chi connectivity index (χ2n) is 7.41. The quantitative estimate of drug-likeness (QED) is 0.366. The summed E-state index contributed by atoms with van der Waals surface area (Å²) in [6, 6.07) is 20.5. The zero-order valence-electron chi connectivity index (χ0n) is 16.7. The number of aryl methyl sites for hydroxylation is 4. The van der Waals surface area contributed by atoms with Gasteiger partial charge in [0.2, 0.25) is 0 Å². The molecule has 2 aromatic carbocycles. The summed E-state index contributed by atoms with van der Waals surface area (Å²) in [6.45, 7) is 1.88. The van der Waals surface area contributed by atoms with Crippen molar-refractivity contribution in [3.8, 4) is 0 Å². The molecule has 4 aliphatic rings. The Hall–Kier alpha value is -1.75. The van der Waals surface area contributed by atoms with E-state index in [1.165, 1.54) is 33.4 Å². The Morgan fingerprint density at radius 3 is 1.97 bits per heavy atom. The summed E-state index contributed by atoms with van der Waals surface area (Å²) >= 11 is 0. The molecule has 152 valence electrons. The van der Waals surface area contributed by atoms with E-state index in [4.69, 9.17) is 0 Å². The number of aromatic nitrogens is 1. The Bertz CT molecular complexity index is 932. The van der Waals surface area contributed by atoms with Gasteiger partial charge in [0, 0.05) is 12.1 Å². The molecule has 0 atom stereocenters. The van der Waals surface area contributed by atoms with E-state index < -0.39 is 0 Å². The first-order valence-electron chi connectivity index (χ1n) is 9.96. The van der Waals surface area contributed by atoms with Gasteiger partial charge < -0.3 is 39.7 Å². The van der Waals surface area contributed by atoms with Gasteiger partial charge >= 0.3 is 0 Å². The minimum atomic E-state index is 0. The summed E-state index contributed by atoms with van der Waals surface area (Å²) in [7, 11) is 0. The van der Waals surface area contributed by atoms with Gasteiger partial charge in [-0.2, -0.15) is 4.57 Å². The number of pyridine rings is 1. The molecule has 3 N–H and O–H groups in total. The normalized spacial score (nSPS) is 12.7. The fourth-order valence-corrected chi connectivity index (χ4v) is 3.72. The Labute approximate surface area is 195 Å². The first-order chi connectivity index (χ1) is 13.3. The van der Waals surface area contributed by atoms with Crippen molar-refractivity contribution in [2.45, 2.75) is 32.2 Å². The third-order valence-electron chi connectivity index (χ3n) is 5.41. The van der Waals surface area contributed by atoms with Crippen LogP contribution < -0.4 is 44.3 Å². The van der Waals surface area contributed by atoms with Gasteiger partial charge in [-0.15, -0.1) is 0 Å². The van der Waals surface area contributed by atoms with Crippen LogP contribution in [0, 0.1) is 0 Å². The van der Waals surface area contributed by atoms with Crippen LogP contribution in [0.4, 0.5) is 0 Å². The summed E-state index contributed by atoms with van der Waals surface area (Å²) in [6.07, 6.45) is 13.2. The van der Waals surface area contributed by atoms with Crippen LogP contribution >= 0.6 is 0 Å². The number of quaternary nitrogens is 1. The van der Waals surface area contributed by atoms with Crippen LogP contribution in [0.1, 0.15) is 33.4 Å². The molecule has 0 saturated carbocycles. The van der Waals surface area contributed by atoms with Gasteiger partial charge in [-0.25, -0.2) is 0 Å². The first-order valence-corrected chi connectivity index (χ1v) is 9.96. The molecule has 0 radical (unpaired) electrons. The third-order valence-corrected chi connectivity index (χ3v) is 5.41. The van der Waals surface area contributed by atoms with E-state index in [0.717, 1.165) is 38.8 Å². The van der Waals surface area contributed by atoms with E-state index in [1.54, 1.807) is 0 Å². The lowest BCUT2D eigenvalue weighted by molar-refractivity contribution is -0.711. The average molecular weight is 516 g/mol. The van der Waals surface area contributed by atoms with Crippen LogP contribution in [0.3, 0.4) is 0 Å². The Morgan fingerprint density at radius 2 is 1.31 bits per heavy atom. The Kier molecular flexibility index (Phi) is 9.28. The molecule has 0 saturated heterocycles. The molecule has 0 unspecified atom stereocenters. The van der Waals surface area contributed by atoms with Crippen LogP contribution in [0.5, 0.6) is 0 Å². The van der Waals surface area contributed by atoms with E-state index in [9.17, 15) is 0 Å². The molecule has 4 aliphatic carbocycles. The minimum Gasteiger partial charge on any atom is -1.00 e. The van der Waals surface area contributed by atoms with Crippen molar-refractivity contribution in [3.63, 3.8) is 0 Å². The zero-order chi connectivity index (χ0) is 18.5. The van der Waals surface area contributed by atoms with Crippen molar-refractivity contribution < 1.29 is 44.3 Å². The van der Waals surface area contributed by atoms with Crippen molar-refractivity contribution >= 4 is 12.2 Å². The number of rotatable bonds is 4. The van der Waals surface area contributed by atoms with Crippen LogP contribution in [0.25, 0.3) is 12.2 Å². The molecule has 2 nitrogen and oxygen atoms in total. The number of hydrogen-bond donors (Lipinski definition) is 1. The number of halogens is 2. The smallest absolute Gasteiger partial charge is 0.196 e. The molecule has 0 fully saturated rings. The molecule has 1 aromatic heterocycles. The molecule has 4 bridgehead atoms. The summed E-state index contributed by atoms with van der Waals surface area (Å²) < 4.78 is 2.18. The molecule has 0 amide bonds. The van der Waals surface area contributed by atoms with Gasteiger partial charge in [0.05, 0.1) is 0 Å². The highest BCUT2D eigenvalue weighted by atomic mass is 79.9. The minimum absolute atomic E-state index is 0. The topological polar surface area (TPSA) is 31.5 Å². The van der Waals surface area contributed by atoms with Crippen molar-refractivity contribution in [1.29, 1.82) is 0 Å². The zero-order valence-corrected chi connectivity index (χ0v) is 19.8. The maximum Gasteiger partial charge on any atom is 0.196 e. The lowest BCUT2D eigenvalue weighted by atomic mass is 9.93. The summed E-state index contributed by atoms with van der Waals surface area (Å²) in [5.41, 5.74) is 12.2. The highest BCUT2D eigenvalue weighted by Gasteiger charge is 2.07. The molecule has 0 spiro atoms. The molecule has 3 aromatic rings. The number of benzene rings is 2. The molecular weight excluding hydrogens is 488 g/mol. The van der Waals surface area contributed by atoms with Crippen molar-refractivity contribution in [2.75, 3.05) is 6.54 Å². The number of nitrogens with zero attached hydrogens (tertiary/aromatic N) is 1. The lowest BCUT2D eigenvalue weighted by Crippen LogP contribution is -3.00. The predicted molar refractivity (Wildman–Crippen MR) is 111 cm³/mol. The van der Waals surface area contributed by atoms with Gasteiger partial charge in [-0.05, 0) is 59.1 Å². The van der Waals surface area contributed by atoms with Crippen molar-refractivity contribution in [1.82, 2.24) is 0 Å². The van der Waals surface area contributed by atoms with Gasteiger partial charge in [0.15, 0.2) is 18.9 Å². The van der Waals surface area contributed by atoms with Crippen LogP contribution in [0.15, 0.2) is 67.0 Å². The molecule has 29 heavy (non-hydrogen) atoms. The second kappa shape index (κ2) is 11.4. The molecule has 7 rings (SSSR count). The number of hydrogen-bond acceptors (Lipinski definition) is 0. The second-order valence-corrected chi connectivity index (χ2v) is 7.41. The maximum absolute atomic E-state index is 3.91. The molecule has 4 heteroatoms. The largest absolute Gasteiger partial charge is 1.00 e. The van der Waals surface area contributed by atoms with E-state index in [-0.39, 0.29) is 34.0 Å². The van der Waals surface area contributed by atoms with Gasteiger partial charge in [-0.3, -0.25) is 0 Å². The molecular formula is C25H28Br2N2. The highest BCUT2D eigenvalue weighted by Crippen LogP contribution is 2.21. The standard InChI is InChI=1S/C25H27N2.2BrH/c26-15-18-27-16-13-22(14-17-27)8-12-25-19-23-6-5-20-1-3-21(4-2-20)7-10-24(25)11-9-23;;/h1-4,8-9,11-14,16-17,19H,5-7,10,15,18,26H2;2*1H/q+1;;/p-1/b12-8+;;. The fraction of sp³-hybridized carbons (Fsp3) is 0.240. The van der Waals surface area contributed by atoms with E-state index in [2.05, 4.69) is 89.4 Å². The highest BCUT2D eigenvalue weighted by molar-refractivity contribution is 5.71. The Morgan fingerprint density at radius 1 is 0.724 bits per heavy atom. The van der Waals surface area contributed by atoms with Crippen molar-refractivity contribution in [3.05, 3.63) is 100 Å². The SMILES string of the molecule is [Br-].[Br-].[NH3+]CC[n+]1ccc(/C=C/c2cc3ccc2CCc2ccc(cc2)CC3)cc1. The van der Waals surface area contributed by atoms with Crippen LogP contribution in [0.2, 0.25) is 0 Å². The summed E-state index contributed by atoms with van der Waals surface area (Å²) in [5.74, 6) is 0. The van der Waals surface area contributed by atoms with Gasteiger partial charge in [0.1, 0.15) is 6.54 Å². The van der Waals surface area contributed by atoms with E-state index >= 15 is 0 Å². The van der Waals surface area contributed by atoms with E-state index in [0.29, 0.717) is 0 Å². The fourth-order valence-electron chi connectivity index (χ4n) is 3.72. The van der Waals surface area contributed by atoms with Crippen LogP contribution in [-0.2, 0) is 32.2 Å². The molecule has 1 heterocycles. The predicted octanol–water partition coefficient (Wildman–Crippen LogP) is -2.72. The molecule has 0 aliphatic heterocycles. The summed E-state index contributed by atoms with van der Waals surface area (Å²) in [5, 5.41) is 0. The Balaban J connectivity index is 0.00000150. The average Bonchev–Trinajstić information content (AvgIpc) is 2.70. The summed E-state index contributed by atoms with van der Waals surface area (Å²) in [4.78, 5) is 0. The monoisotopic (exact) mass is 514 g/mol. The third kappa shape index (κ3) is 6.36. The first kappa shape index (κ1) is 23.5. The lowest BCUT2D eigenvalue weighted by Gasteiger charge is -2.12.